The third-order valence-corrected chi connectivity index (χ3v) is 3.54. The SMILES string of the molecule is CC(C)CCOCCNC(C)c1cc(Cl)ccc1Cl. The zero-order valence-electron chi connectivity index (χ0n) is 11.9. The summed E-state index contributed by atoms with van der Waals surface area (Å²) in [5, 5.41) is 4.84. The van der Waals surface area contributed by atoms with E-state index in [1.54, 1.807) is 6.07 Å². The van der Waals surface area contributed by atoms with Crippen LogP contribution in [-0.2, 0) is 4.74 Å². The molecule has 1 rings (SSSR count). The summed E-state index contributed by atoms with van der Waals surface area (Å²) in [5.41, 5.74) is 1.02. The average Bonchev–Trinajstić information content (AvgIpc) is 2.36. The van der Waals surface area contributed by atoms with E-state index in [2.05, 4.69) is 26.1 Å². The van der Waals surface area contributed by atoms with Gasteiger partial charge in [0.15, 0.2) is 0 Å². The van der Waals surface area contributed by atoms with Crippen molar-refractivity contribution in [2.45, 2.75) is 33.2 Å². The highest BCUT2D eigenvalue weighted by atomic mass is 35.5. The maximum absolute atomic E-state index is 6.16. The standard InChI is InChI=1S/C15H23Cl2NO/c1-11(2)6-8-19-9-7-18-12(3)14-10-13(16)4-5-15(14)17/h4-5,10-12,18H,6-9H2,1-3H3. The Hall–Kier alpha value is -0.280. The van der Waals surface area contributed by atoms with Crippen molar-refractivity contribution in [1.29, 1.82) is 0 Å². The quantitative estimate of drug-likeness (QED) is 0.702. The summed E-state index contributed by atoms with van der Waals surface area (Å²) in [5.74, 6) is 0.692. The Balaban J connectivity index is 2.27. The first-order valence-electron chi connectivity index (χ1n) is 6.76. The third kappa shape index (κ3) is 6.62. The topological polar surface area (TPSA) is 21.3 Å². The van der Waals surface area contributed by atoms with Crippen molar-refractivity contribution in [2.75, 3.05) is 19.8 Å². The first kappa shape index (κ1) is 16.8. The van der Waals surface area contributed by atoms with E-state index in [0.29, 0.717) is 10.9 Å². The summed E-state index contributed by atoms with van der Waals surface area (Å²) in [6.45, 7) is 8.82. The molecule has 0 heterocycles. The normalized spacial score (nSPS) is 12.9. The van der Waals surface area contributed by atoms with Crippen LogP contribution in [0.4, 0.5) is 0 Å². The summed E-state index contributed by atoms with van der Waals surface area (Å²) >= 11 is 12.1. The van der Waals surface area contributed by atoms with E-state index in [1.807, 2.05) is 12.1 Å². The van der Waals surface area contributed by atoms with Crippen LogP contribution in [0.2, 0.25) is 10.0 Å². The van der Waals surface area contributed by atoms with Gasteiger partial charge in [0.1, 0.15) is 0 Å². The van der Waals surface area contributed by atoms with Crippen molar-refractivity contribution in [1.82, 2.24) is 5.32 Å². The van der Waals surface area contributed by atoms with E-state index in [1.165, 1.54) is 0 Å². The van der Waals surface area contributed by atoms with Crippen molar-refractivity contribution < 1.29 is 4.74 Å². The zero-order chi connectivity index (χ0) is 14.3. The predicted molar refractivity (Wildman–Crippen MR) is 83.2 cm³/mol. The molecule has 0 amide bonds. The van der Waals surface area contributed by atoms with Crippen LogP contribution in [0.1, 0.15) is 38.8 Å². The Morgan fingerprint density at radius 2 is 1.89 bits per heavy atom. The first-order chi connectivity index (χ1) is 9.00. The van der Waals surface area contributed by atoms with Gasteiger partial charge in [0.2, 0.25) is 0 Å². The van der Waals surface area contributed by atoms with Crippen LogP contribution in [0.5, 0.6) is 0 Å². The van der Waals surface area contributed by atoms with Crippen LogP contribution in [0.15, 0.2) is 18.2 Å². The molecule has 0 saturated carbocycles. The number of nitrogens with one attached hydrogen (secondary N) is 1. The van der Waals surface area contributed by atoms with Crippen LogP contribution in [-0.4, -0.2) is 19.8 Å². The predicted octanol–water partition coefficient (Wildman–Crippen LogP) is 4.71. The molecule has 108 valence electrons. The minimum Gasteiger partial charge on any atom is -0.380 e. The molecule has 0 aromatic heterocycles. The molecular formula is C15H23Cl2NO. The Morgan fingerprint density at radius 3 is 2.58 bits per heavy atom. The Labute approximate surface area is 126 Å². The lowest BCUT2D eigenvalue weighted by atomic mass is 10.1. The molecule has 0 aliphatic heterocycles. The van der Waals surface area contributed by atoms with Gasteiger partial charge in [0.05, 0.1) is 6.61 Å². The molecule has 2 nitrogen and oxygen atoms in total. The van der Waals surface area contributed by atoms with Crippen molar-refractivity contribution in [2.24, 2.45) is 5.92 Å². The van der Waals surface area contributed by atoms with E-state index in [4.69, 9.17) is 27.9 Å². The van der Waals surface area contributed by atoms with E-state index < -0.39 is 0 Å². The van der Waals surface area contributed by atoms with Crippen molar-refractivity contribution in [3.63, 3.8) is 0 Å². The molecule has 0 radical (unpaired) electrons. The maximum atomic E-state index is 6.16. The molecule has 0 saturated heterocycles. The van der Waals surface area contributed by atoms with Crippen LogP contribution in [0.3, 0.4) is 0 Å². The largest absolute Gasteiger partial charge is 0.380 e. The van der Waals surface area contributed by atoms with E-state index >= 15 is 0 Å². The number of ether oxygens (including phenoxy) is 1. The summed E-state index contributed by atoms with van der Waals surface area (Å²) in [6.07, 6.45) is 1.11. The molecule has 1 N–H and O–H groups in total. The van der Waals surface area contributed by atoms with Gasteiger partial charge in [-0.2, -0.15) is 0 Å². The van der Waals surface area contributed by atoms with Gasteiger partial charge in [-0.3, -0.25) is 0 Å². The number of hydrogen-bond donors (Lipinski definition) is 1. The molecule has 1 aromatic carbocycles. The highest BCUT2D eigenvalue weighted by Gasteiger charge is 2.09. The highest BCUT2D eigenvalue weighted by Crippen LogP contribution is 2.25. The van der Waals surface area contributed by atoms with Crippen LogP contribution in [0, 0.1) is 5.92 Å². The van der Waals surface area contributed by atoms with Gasteiger partial charge in [-0.1, -0.05) is 37.0 Å². The minimum atomic E-state index is 0.167. The number of hydrogen-bond acceptors (Lipinski definition) is 2. The van der Waals surface area contributed by atoms with Crippen LogP contribution in [0.25, 0.3) is 0 Å². The van der Waals surface area contributed by atoms with Gasteiger partial charge in [0, 0.05) is 29.2 Å². The molecule has 4 heteroatoms. The van der Waals surface area contributed by atoms with Gasteiger partial charge in [-0.15, -0.1) is 0 Å². The fourth-order valence-corrected chi connectivity index (χ4v) is 2.19. The molecule has 1 aromatic rings. The van der Waals surface area contributed by atoms with Gasteiger partial charge >= 0.3 is 0 Å². The monoisotopic (exact) mass is 303 g/mol. The molecule has 0 spiro atoms. The summed E-state index contributed by atoms with van der Waals surface area (Å²) in [4.78, 5) is 0. The number of benzene rings is 1. The van der Waals surface area contributed by atoms with Gasteiger partial charge in [-0.25, -0.2) is 0 Å². The third-order valence-electron chi connectivity index (χ3n) is 2.96. The molecule has 1 atom stereocenters. The fraction of sp³-hybridized carbons (Fsp3) is 0.600. The van der Waals surface area contributed by atoms with Crippen molar-refractivity contribution in [3.05, 3.63) is 33.8 Å². The zero-order valence-corrected chi connectivity index (χ0v) is 13.4. The Kier molecular flexibility index (Phi) is 7.77. The van der Waals surface area contributed by atoms with Gasteiger partial charge < -0.3 is 10.1 Å². The molecule has 0 aliphatic carbocycles. The van der Waals surface area contributed by atoms with E-state index in [9.17, 15) is 0 Å². The van der Waals surface area contributed by atoms with E-state index in [0.717, 1.165) is 36.8 Å². The highest BCUT2D eigenvalue weighted by molar-refractivity contribution is 6.33. The lowest BCUT2D eigenvalue weighted by Crippen LogP contribution is -2.23. The molecule has 0 bridgehead atoms. The van der Waals surface area contributed by atoms with Crippen molar-refractivity contribution >= 4 is 23.2 Å². The summed E-state index contributed by atoms with van der Waals surface area (Å²) < 4.78 is 5.56. The molecule has 19 heavy (non-hydrogen) atoms. The minimum absolute atomic E-state index is 0.167. The Bertz CT molecular complexity index is 382. The Morgan fingerprint density at radius 1 is 1.16 bits per heavy atom. The van der Waals surface area contributed by atoms with Crippen LogP contribution >= 0.6 is 23.2 Å². The van der Waals surface area contributed by atoms with Gasteiger partial charge in [-0.05, 0) is 43.0 Å². The molecule has 0 fully saturated rings. The lowest BCUT2D eigenvalue weighted by Gasteiger charge is -2.16. The smallest absolute Gasteiger partial charge is 0.0591 e. The van der Waals surface area contributed by atoms with Gasteiger partial charge in [0.25, 0.3) is 0 Å². The fourth-order valence-electron chi connectivity index (χ4n) is 1.73. The van der Waals surface area contributed by atoms with Crippen LogP contribution < -0.4 is 5.32 Å². The maximum Gasteiger partial charge on any atom is 0.0591 e. The second kappa shape index (κ2) is 8.80. The van der Waals surface area contributed by atoms with Crippen molar-refractivity contribution in [3.8, 4) is 0 Å². The average molecular weight is 304 g/mol. The molecular weight excluding hydrogens is 281 g/mol. The second-order valence-electron chi connectivity index (χ2n) is 5.14. The second-order valence-corrected chi connectivity index (χ2v) is 5.98. The summed E-state index contributed by atoms with van der Waals surface area (Å²) in [7, 11) is 0. The molecule has 0 aliphatic rings. The molecule has 1 unspecified atom stereocenters. The lowest BCUT2D eigenvalue weighted by molar-refractivity contribution is 0.123. The van der Waals surface area contributed by atoms with E-state index in [-0.39, 0.29) is 6.04 Å². The number of halogens is 2. The number of rotatable bonds is 8. The first-order valence-corrected chi connectivity index (χ1v) is 7.52. The summed E-state index contributed by atoms with van der Waals surface area (Å²) in [6, 6.07) is 5.70.